The lowest BCUT2D eigenvalue weighted by Gasteiger charge is -2.58. The summed E-state index contributed by atoms with van der Waals surface area (Å²) in [7, 11) is -12.4. The zero-order valence-electron chi connectivity index (χ0n) is 65.8. The Morgan fingerprint density at radius 1 is 0.521 bits per heavy atom. The van der Waals surface area contributed by atoms with Crippen LogP contribution in [0, 0.1) is 93.2 Å². The van der Waals surface area contributed by atoms with E-state index in [9.17, 15) is 112 Å². The number of hydrogen-bond acceptors (Lipinski definition) is 17. The summed E-state index contributed by atoms with van der Waals surface area (Å²) in [5.41, 5.74) is -13.3. The minimum atomic E-state index is -6.54. The van der Waals surface area contributed by atoms with Crippen LogP contribution in [-0.4, -0.2) is 127 Å². The summed E-state index contributed by atoms with van der Waals surface area (Å²) in [6, 6.07) is 64.3. The second kappa shape index (κ2) is 34.4. The molecular weight excluding hydrogens is 1690 g/mol. The van der Waals surface area contributed by atoms with Gasteiger partial charge in [-0.15, -0.1) is 0 Å². The number of ether oxygens (including phenoxy) is 4. The quantitative estimate of drug-likeness (QED) is 0.0240. The summed E-state index contributed by atoms with van der Waals surface area (Å²) >= 11 is 0. The molecule has 17 rings (SSSR count). The fourth-order valence-electron chi connectivity index (χ4n) is 22.1. The topological polar surface area (TPSA) is 271 Å². The van der Waals surface area contributed by atoms with Gasteiger partial charge in [0.1, 0.15) is 29.6 Å². The molecule has 11 aliphatic rings. The van der Waals surface area contributed by atoms with E-state index < -0.39 is 162 Å². The molecule has 1 heterocycles. The van der Waals surface area contributed by atoms with Gasteiger partial charge in [0.05, 0.1) is 70.8 Å². The summed E-state index contributed by atoms with van der Waals surface area (Å²) in [5, 5.41) is 0. The Labute approximate surface area is 698 Å². The van der Waals surface area contributed by atoms with Gasteiger partial charge in [-0.05, 0) is 196 Å². The van der Waals surface area contributed by atoms with Crippen molar-refractivity contribution in [1.29, 1.82) is 0 Å². The lowest BCUT2D eigenvalue weighted by Crippen LogP contribution is -2.64. The van der Waals surface area contributed by atoms with Crippen LogP contribution in [0.3, 0.4) is 0 Å². The molecule has 6 aromatic carbocycles. The molecule has 14 atom stereocenters. The smallest absolute Gasteiger partial charge is 0.438 e. The van der Waals surface area contributed by atoms with Crippen LogP contribution in [-0.2, 0) is 94.5 Å². The van der Waals surface area contributed by atoms with Gasteiger partial charge in [0.2, 0.25) is 0 Å². The predicted molar refractivity (Wildman–Crippen MR) is 412 cm³/mol. The number of benzene rings is 6. The number of Topliss-reactive ketones (excluding diaryl/α,β-unsaturated/α-hetero) is 3. The van der Waals surface area contributed by atoms with Gasteiger partial charge in [-0.3, -0.25) is 33.6 Å². The highest BCUT2D eigenvalue weighted by atomic mass is 32.2. The van der Waals surface area contributed by atoms with Crippen LogP contribution in [0.15, 0.2) is 211 Å². The number of carbonyl (C=O) groups excluding carboxylic acids is 7. The predicted octanol–water partition coefficient (Wildman–Crippen LogP) is 17.4. The lowest BCUT2D eigenvalue weighted by atomic mass is 9.44. The van der Waals surface area contributed by atoms with Gasteiger partial charge >= 0.3 is 59.8 Å². The molecule has 0 radical (unpaired) electrons. The van der Waals surface area contributed by atoms with Gasteiger partial charge in [-0.1, -0.05) is 130 Å². The van der Waals surface area contributed by atoms with Crippen LogP contribution in [0.2, 0.25) is 0 Å². The molecule has 14 unspecified atom stereocenters. The number of carbonyl (C=O) groups is 7. The number of ketones is 3. The van der Waals surface area contributed by atoms with E-state index in [0.717, 1.165) is 19.3 Å². The van der Waals surface area contributed by atoms with E-state index in [4.69, 9.17) is 9.47 Å². The maximum Gasteiger partial charge on any atom is 0.438 e. The highest BCUT2D eigenvalue weighted by Gasteiger charge is 2.79. The summed E-state index contributed by atoms with van der Waals surface area (Å²) in [5.74, 6) is -18.4. The van der Waals surface area contributed by atoms with E-state index in [0.29, 0.717) is 69.1 Å². The lowest BCUT2D eigenvalue weighted by molar-refractivity contribution is -0.362. The standard InChI is InChI=1S/C28H36F6O8S.C24H26F6O9S.2C18H15S/c1-14(4-7-22(38)42-26(27(29,30)31,28(32,33)34)13-43(39,40)41)17-5-6-18-23-19(12-21(37)25(17,18)3)24(2)9-8-16(35)10-15(24)11-20(23)36;25-23(26,27)22(24(28,29)30,8-40(34,35)36)39-19(32)15-13-4-12-14(15)18(31)37-16(12)17(13)38-20(33)21-5-9-1-10(6-21)3-11(2-9)7-21;2*1-4-10-16(11-5-1)19(17-12-6-2-7-13-17)18-14-8-3-9-15-18/h14-15,17-19,23H,4-13H2,1-3H3,(H,39,40,41);9-17H,1-8H2,(H,34,35,36);2*1-15H/q;;2*+1/p-2. The van der Waals surface area contributed by atoms with E-state index in [1.165, 1.54) is 29.4 Å². The van der Waals surface area contributed by atoms with Crippen molar-refractivity contribution in [3.63, 3.8) is 0 Å². The van der Waals surface area contributed by atoms with Crippen LogP contribution >= 0.6 is 0 Å². The van der Waals surface area contributed by atoms with Gasteiger partial charge in [0, 0.05) is 55.3 Å². The molecule has 0 aromatic heterocycles. The molecular formula is C88H90F12O17S4. The number of halogens is 12. The van der Waals surface area contributed by atoms with E-state index in [1.54, 1.807) is 13.8 Å². The summed E-state index contributed by atoms with van der Waals surface area (Å²) in [6.45, 7) is 5.40. The van der Waals surface area contributed by atoms with E-state index >= 15 is 0 Å². The van der Waals surface area contributed by atoms with Gasteiger partial charge in [-0.2, -0.15) is 52.7 Å². The van der Waals surface area contributed by atoms with Crippen LogP contribution in [0.5, 0.6) is 0 Å². The van der Waals surface area contributed by atoms with Gasteiger partial charge in [0.15, 0.2) is 29.4 Å². The summed E-state index contributed by atoms with van der Waals surface area (Å²) in [4.78, 5) is 99.1. The molecule has 0 N–H and O–H groups in total. The first-order chi connectivity index (χ1) is 56.7. The molecule has 652 valence electrons. The van der Waals surface area contributed by atoms with Gasteiger partial charge in [-0.25, -0.2) is 16.8 Å². The first-order valence-electron chi connectivity index (χ1n) is 40.1. The third-order valence-corrected chi connectivity index (χ3v) is 33.3. The number of hydrogen-bond donors (Lipinski definition) is 0. The average molecular weight is 1780 g/mol. The Kier molecular flexibility index (Phi) is 25.8. The number of esters is 4. The summed E-state index contributed by atoms with van der Waals surface area (Å²) < 4.78 is 249. The van der Waals surface area contributed by atoms with Crippen molar-refractivity contribution < 1.29 is 131 Å². The molecule has 10 saturated carbocycles. The first kappa shape index (κ1) is 90.6. The molecule has 17 nitrogen and oxygen atoms in total. The van der Waals surface area contributed by atoms with Crippen molar-refractivity contribution in [3.8, 4) is 0 Å². The maximum atomic E-state index is 13.8. The Bertz CT molecular complexity index is 4640. The van der Waals surface area contributed by atoms with Crippen molar-refractivity contribution in [2.45, 2.75) is 201 Å². The van der Waals surface area contributed by atoms with Crippen LogP contribution in [0.4, 0.5) is 52.7 Å². The molecule has 33 heteroatoms. The number of alkyl halides is 12. The molecule has 6 bridgehead atoms. The van der Waals surface area contributed by atoms with Crippen molar-refractivity contribution in [2.24, 2.45) is 93.2 Å². The molecule has 0 spiro atoms. The van der Waals surface area contributed by atoms with Crippen LogP contribution in [0.25, 0.3) is 0 Å². The summed E-state index contributed by atoms with van der Waals surface area (Å²) in [6.07, 6.45) is -22.2. The molecule has 11 fully saturated rings. The maximum absolute atomic E-state index is 13.8. The Morgan fingerprint density at radius 3 is 1.31 bits per heavy atom. The molecule has 10 aliphatic carbocycles. The van der Waals surface area contributed by atoms with Gasteiger partial charge in [0.25, 0.3) is 0 Å². The molecule has 0 amide bonds. The fourth-order valence-corrected chi connectivity index (χ4v) is 28.1. The van der Waals surface area contributed by atoms with E-state index in [-0.39, 0.29) is 88.0 Å². The van der Waals surface area contributed by atoms with Crippen molar-refractivity contribution >= 4 is 83.3 Å². The monoisotopic (exact) mass is 1770 g/mol. The zero-order valence-corrected chi connectivity index (χ0v) is 69.1. The van der Waals surface area contributed by atoms with Gasteiger partial charge < -0.3 is 28.1 Å². The minimum absolute atomic E-state index is 0.00625. The van der Waals surface area contributed by atoms with E-state index in [2.05, 4.69) is 191 Å². The Morgan fingerprint density at radius 2 is 0.917 bits per heavy atom. The van der Waals surface area contributed by atoms with Crippen molar-refractivity contribution in [2.75, 3.05) is 11.5 Å². The zero-order chi connectivity index (χ0) is 87.6. The second-order valence-corrected chi connectivity index (χ2v) is 41.3. The van der Waals surface area contributed by atoms with Crippen LogP contribution < -0.4 is 0 Å². The molecule has 121 heavy (non-hydrogen) atoms. The minimum Gasteiger partial charge on any atom is -0.748 e. The van der Waals surface area contributed by atoms with Crippen molar-refractivity contribution in [3.05, 3.63) is 182 Å². The number of fused-ring (bicyclic) bond motifs is 6. The average Bonchev–Trinajstić information content (AvgIpc) is 1.55. The Hall–Kier alpha value is -8.11. The third-order valence-electron chi connectivity index (χ3n) is 27.3. The third kappa shape index (κ3) is 18.1. The first-order valence-corrected chi connectivity index (χ1v) is 45.7. The van der Waals surface area contributed by atoms with E-state index in [1.807, 2.05) is 6.92 Å². The SMILES string of the molecule is CC(CCC(=O)OC(CS(=O)(=O)[O-])(C(F)(F)F)C(F)(F)F)C1CCC2C3C(=O)CC4CC(=O)CCC4(C)C3CC(=O)C12C.O=C1OC2C3CC(C2OC(=O)C24CC5CC(CC(C5)C2)C4)C(C(=O)OC(CS(=O)(=O)[O-])(C(F)(F)F)C(F)(F)F)C13.c1ccc([S+](c2ccccc2)c2ccccc2)cc1.c1ccc([S+](c2ccccc2)c2ccccc2)cc1. The molecule has 1 saturated heterocycles. The normalized spacial score (nSPS) is 29.9. The Balaban J connectivity index is 0.000000148. The number of rotatable bonds is 19. The fraction of sp³-hybridized carbons (Fsp3) is 0.511. The molecule has 1 aliphatic heterocycles. The van der Waals surface area contributed by atoms with Crippen molar-refractivity contribution in [1.82, 2.24) is 0 Å². The second-order valence-electron chi connectivity index (χ2n) is 34.5. The van der Waals surface area contributed by atoms with Crippen LogP contribution in [0.1, 0.15) is 124 Å². The molecule has 6 aromatic rings. The highest BCUT2D eigenvalue weighted by molar-refractivity contribution is 7.97. The highest BCUT2D eigenvalue weighted by Crippen LogP contribution is 2.68. The largest absolute Gasteiger partial charge is 0.748 e.